The molecule has 1 aromatic carbocycles. The molecule has 0 N–H and O–H groups in total. The van der Waals surface area contributed by atoms with Crippen molar-refractivity contribution in [2.75, 3.05) is 46.4 Å². The quantitative estimate of drug-likeness (QED) is 0.481. The minimum absolute atomic E-state index is 0.0692. The molecule has 1 fully saturated rings. The topological polar surface area (TPSA) is 122 Å². The SMILES string of the molecule is CN1CC2(CCCN(C(=O)c3cnccn3)CCCOc3cccc(c3)C1=O)CCN(C(=O)c1cocn1)CC2. The highest BCUT2D eigenvalue weighted by Crippen LogP contribution is 2.38. The molecule has 11 heteroatoms. The number of amides is 3. The van der Waals surface area contributed by atoms with Crippen molar-refractivity contribution in [3.8, 4) is 5.75 Å². The molecule has 0 aliphatic carbocycles. The first-order valence-corrected chi connectivity index (χ1v) is 13.7. The molecular formula is C29H34N6O5. The van der Waals surface area contributed by atoms with Crippen LogP contribution in [0.3, 0.4) is 0 Å². The number of rotatable bonds is 2. The van der Waals surface area contributed by atoms with E-state index in [-0.39, 0.29) is 23.1 Å². The normalized spacial score (nSPS) is 18.5. The number of likely N-dealkylation sites (tertiary alicyclic amines) is 1. The van der Waals surface area contributed by atoms with Gasteiger partial charge in [0.25, 0.3) is 17.7 Å². The Bertz CT molecular complexity index is 1310. The third-order valence-corrected chi connectivity index (χ3v) is 7.81. The van der Waals surface area contributed by atoms with Crippen LogP contribution in [0.25, 0.3) is 0 Å². The Morgan fingerprint density at radius 1 is 0.925 bits per heavy atom. The van der Waals surface area contributed by atoms with Crippen LogP contribution in [0.4, 0.5) is 0 Å². The molecule has 4 heterocycles. The van der Waals surface area contributed by atoms with E-state index in [1.165, 1.54) is 25.1 Å². The fraction of sp³-hybridized carbons (Fsp3) is 0.448. The molecule has 0 unspecified atom stereocenters. The Hall–Kier alpha value is -4.28. The van der Waals surface area contributed by atoms with Crippen LogP contribution in [-0.2, 0) is 0 Å². The predicted molar refractivity (Wildman–Crippen MR) is 145 cm³/mol. The van der Waals surface area contributed by atoms with Crippen LogP contribution in [-0.4, -0.2) is 93.8 Å². The lowest BCUT2D eigenvalue weighted by Gasteiger charge is -2.44. The molecule has 40 heavy (non-hydrogen) atoms. The molecule has 0 atom stereocenters. The van der Waals surface area contributed by atoms with Crippen molar-refractivity contribution in [1.29, 1.82) is 0 Å². The van der Waals surface area contributed by atoms with Gasteiger partial charge in [-0.2, -0.15) is 0 Å². The van der Waals surface area contributed by atoms with Gasteiger partial charge in [0.1, 0.15) is 17.7 Å². The molecule has 5 rings (SSSR count). The van der Waals surface area contributed by atoms with Crippen LogP contribution in [0.2, 0.25) is 0 Å². The van der Waals surface area contributed by atoms with Crippen LogP contribution in [0.5, 0.6) is 5.75 Å². The summed E-state index contributed by atoms with van der Waals surface area (Å²) in [5.74, 6) is 0.243. The van der Waals surface area contributed by atoms with Gasteiger partial charge in [0.2, 0.25) is 0 Å². The lowest BCUT2D eigenvalue weighted by Crippen LogP contribution is -2.48. The first-order chi connectivity index (χ1) is 19.4. The highest BCUT2D eigenvalue weighted by molar-refractivity contribution is 5.94. The van der Waals surface area contributed by atoms with Crippen molar-refractivity contribution in [3.05, 3.63) is 72.5 Å². The molecule has 11 nitrogen and oxygen atoms in total. The lowest BCUT2D eigenvalue weighted by atomic mass is 9.74. The smallest absolute Gasteiger partial charge is 0.275 e. The summed E-state index contributed by atoms with van der Waals surface area (Å²) in [6.07, 6.45) is 10.8. The number of nitrogens with zero attached hydrogens (tertiary/aromatic N) is 6. The van der Waals surface area contributed by atoms with E-state index in [0.29, 0.717) is 68.5 Å². The van der Waals surface area contributed by atoms with Gasteiger partial charge >= 0.3 is 0 Å². The summed E-state index contributed by atoms with van der Waals surface area (Å²) < 4.78 is 10.9. The number of benzene rings is 1. The van der Waals surface area contributed by atoms with Crippen molar-refractivity contribution in [2.24, 2.45) is 5.41 Å². The van der Waals surface area contributed by atoms with Gasteiger partial charge < -0.3 is 23.9 Å². The summed E-state index contributed by atoms with van der Waals surface area (Å²) in [5, 5.41) is 0. The molecule has 3 aromatic rings. The van der Waals surface area contributed by atoms with Gasteiger partial charge in [-0.1, -0.05) is 6.07 Å². The van der Waals surface area contributed by atoms with E-state index in [2.05, 4.69) is 15.0 Å². The largest absolute Gasteiger partial charge is 0.494 e. The number of piperidine rings is 1. The zero-order valence-electron chi connectivity index (χ0n) is 22.7. The van der Waals surface area contributed by atoms with Crippen LogP contribution in [0, 0.1) is 5.41 Å². The summed E-state index contributed by atoms with van der Waals surface area (Å²) in [5.41, 5.74) is 0.975. The van der Waals surface area contributed by atoms with Crippen molar-refractivity contribution < 1.29 is 23.5 Å². The predicted octanol–water partition coefficient (Wildman–Crippen LogP) is 3.16. The maximum absolute atomic E-state index is 13.4. The highest BCUT2D eigenvalue weighted by atomic mass is 16.5. The van der Waals surface area contributed by atoms with E-state index in [1.807, 2.05) is 24.1 Å². The Labute approximate surface area is 233 Å². The van der Waals surface area contributed by atoms with Gasteiger partial charge in [-0.3, -0.25) is 19.4 Å². The third-order valence-electron chi connectivity index (χ3n) is 7.81. The minimum atomic E-state index is -0.208. The molecule has 210 valence electrons. The molecule has 0 radical (unpaired) electrons. The molecular weight excluding hydrogens is 512 g/mol. The standard InChI is InChI=1S/C29H34N6O5/c1-33-20-29(8-14-35(15-9-29)28(38)25-19-39-21-32-25)7-3-12-34(27(37)24-18-30-10-11-31-24)13-4-16-40-23-6-2-5-22(17-23)26(33)36/h2,5-6,10-11,17-19,21H,3-4,7-9,12-16,20H2,1H3. The van der Waals surface area contributed by atoms with Gasteiger partial charge in [-0.15, -0.1) is 0 Å². The van der Waals surface area contributed by atoms with Gasteiger partial charge in [-0.05, 0) is 55.7 Å². The van der Waals surface area contributed by atoms with Crippen molar-refractivity contribution >= 4 is 17.7 Å². The van der Waals surface area contributed by atoms with E-state index >= 15 is 0 Å². The number of hydrogen-bond donors (Lipinski definition) is 0. The number of carbonyl (C=O) groups excluding carboxylic acids is 3. The summed E-state index contributed by atoms with van der Waals surface area (Å²) >= 11 is 0. The van der Waals surface area contributed by atoms with Crippen LogP contribution >= 0.6 is 0 Å². The van der Waals surface area contributed by atoms with Gasteiger partial charge in [0.15, 0.2) is 12.1 Å². The zero-order chi connectivity index (χ0) is 28.0. The van der Waals surface area contributed by atoms with E-state index in [0.717, 1.165) is 25.7 Å². The van der Waals surface area contributed by atoms with Gasteiger partial charge in [-0.25, -0.2) is 9.97 Å². The van der Waals surface area contributed by atoms with Crippen molar-refractivity contribution in [2.45, 2.75) is 32.1 Å². The second kappa shape index (κ2) is 12.3. The molecule has 2 aliphatic rings. The summed E-state index contributed by atoms with van der Waals surface area (Å²) in [7, 11) is 1.83. The third kappa shape index (κ3) is 6.30. The maximum Gasteiger partial charge on any atom is 0.275 e. The Balaban J connectivity index is 1.36. The highest BCUT2D eigenvalue weighted by Gasteiger charge is 2.38. The van der Waals surface area contributed by atoms with Gasteiger partial charge in [0.05, 0.1) is 12.8 Å². The first-order valence-electron chi connectivity index (χ1n) is 13.7. The molecule has 2 aliphatic heterocycles. The van der Waals surface area contributed by atoms with Crippen LogP contribution < -0.4 is 4.74 Å². The molecule has 2 bridgehead atoms. The molecule has 0 saturated carbocycles. The van der Waals surface area contributed by atoms with E-state index < -0.39 is 0 Å². The van der Waals surface area contributed by atoms with Gasteiger partial charge in [0, 0.05) is 57.7 Å². The number of ether oxygens (including phenoxy) is 1. The van der Waals surface area contributed by atoms with Crippen molar-refractivity contribution in [1.82, 2.24) is 29.7 Å². The summed E-state index contributed by atoms with van der Waals surface area (Å²) in [6, 6.07) is 7.23. The number of oxazole rings is 1. The number of carbonyl (C=O) groups is 3. The number of fused-ring (bicyclic) bond motifs is 2. The van der Waals surface area contributed by atoms with E-state index in [9.17, 15) is 14.4 Å². The zero-order valence-corrected chi connectivity index (χ0v) is 22.7. The Kier molecular flexibility index (Phi) is 8.37. The fourth-order valence-electron chi connectivity index (χ4n) is 5.64. The second-order valence-corrected chi connectivity index (χ2v) is 10.5. The molecule has 1 saturated heterocycles. The first kappa shape index (κ1) is 27.3. The van der Waals surface area contributed by atoms with Crippen LogP contribution in [0.15, 0.2) is 59.9 Å². The molecule has 3 amide bonds. The number of aromatic nitrogens is 3. The maximum atomic E-state index is 13.4. The fourth-order valence-corrected chi connectivity index (χ4v) is 5.64. The lowest BCUT2D eigenvalue weighted by molar-refractivity contribution is 0.0381. The minimum Gasteiger partial charge on any atom is -0.494 e. The Morgan fingerprint density at radius 3 is 2.45 bits per heavy atom. The average Bonchev–Trinajstić information content (AvgIpc) is 3.53. The van der Waals surface area contributed by atoms with E-state index in [4.69, 9.17) is 9.15 Å². The summed E-state index contributed by atoms with van der Waals surface area (Å²) in [6.45, 7) is 3.13. The Morgan fingerprint density at radius 2 is 1.70 bits per heavy atom. The van der Waals surface area contributed by atoms with Crippen LogP contribution in [0.1, 0.15) is 63.4 Å². The van der Waals surface area contributed by atoms with E-state index in [1.54, 1.807) is 28.1 Å². The average molecular weight is 547 g/mol. The molecule has 2 aromatic heterocycles. The second-order valence-electron chi connectivity index (χ2n) is 10.5. The summed E-state index contributed by atoms with van der Waals surface area (Å²) in [4.78, 5) is 57.3. The molecule has 1 spiro atoms. The number of hydrogen-bond acceptors (Lipinski definition) is 8. The monoisotopic (exact) mass is 546 g/mol. The van der Waals surface area contributed by atoms with Crippen molar-refractivity contribution in [3.63, 3.8) is 0 Å².